The molecular weight excluding hydrogens is 1430 g/mol. The van der Waals surface area contributed by atoms with E-state index in [1.807, 2.05) is 0 Å². The van der Waals surface area contributed by atoms with Crippen LogP contribution in [0.1, 0.15) is 329 Å². The highest BCUT2D eigenvalue weighted by molar-refractivity contribution is 7.47. The Balaban J connectivity index is 4.52. The number of hydrogen-bond donors (Lipinski definition) is 4. The van der Waals surface area contributed by atoms with Gasteiger partial charge in [-0.15, -0.1) is 0 Å². The molecule has 16 nitrogen and oxygen atoms in total. The number of aliphatic hydroxyl groups is 2. The van der Waals surface area contributed by atoms with E-state index in [1.165, 1.54) is 83.5 Å². The fraction of sp³-hybridized carbons (Fsp3) is 0.645. The molecule has 0 heterocycles. The molecule has 18 heteroatoms. The van der Waals surface area contributed by atoms with Gasteiger partial charge in [0.05, 0.1) is 26.4 Å². The molecule has 0 aliphatic carbocycles. The minimum absolute atomic E-state index is 0.0780. The number of aliphatic hydroxyl groups excluding tert-OH is 2. The summed E-state index contributed by atoms with van der Waals surface area (Å²) >= 11 is 0. The Bertz CT molecular complexity index is 2750. The lowest BCUT2D eigenvalue weighted by atomic mass is 10.0. The molecule has 0 radical (unpaired) electrons. The number of carbonyl (C=O) groups is 3. The zero-order chi connectivity index (χ0) is 80.8. The van der Waals surface area contributed by atoms with Gasteiger partial charge in [0.2, 0.25) is 0 Å². The van der Waals surface area contributed by atoms with Crippen LogP contribution < -0.4 is 0 Å². The standard InChI is InChI=1S/C93H154O16P2/c1-4-7-10-13-16-19-22-25-28-31-34-36-37-38-39-40-41-42-43-44-45-46-47-48-49-51-54-55-58-61-64-67-70-73-76-79-91(96)103-82-88(94)83-105-110(99,100)106-84-89(95)85-107-111(101,102)108-87-90(109-93(98)81-78-75-72-69-66-63-60-57-52-33-30-27-24-21-18-15-12-9-6-3)86-104-92(97)80-77-74-71-68-65-62-59-56-53-50-35-32-29-26-23-20-17-14-11-8-5-2/h7-12,16-21,25-30,34-36,38-39,41-42,50,52,56-57,59,88-90,94-95H,4-6,13-15,22-24,31-33,37,40,43-49,51,53-55,58,60-87H2,1-3H3,(H,99,100)(H,101,102)/b10-7-,11-8-,12-9-,19-16-,20-17-,21-18-,28-25-,29-26-,30-27-,36-34-,39-38-,42-41-,50-35-,57-52-,59-56-. The smallest absolute Gasteiger partial charge is 0.463 e. The first-order chi connectivity index (χ1) is 54.2. The molecule has 0 spiro atoms. The van der Waals surface area contributed by atoms with E-state index in [0.717, 1.165) is 186 Å². The number of esters is 3. The van der Waals surface area contributed by atoms with Crippen LogP contribution in [0, 0.1) is 0 Å². The molecule has 0 rings (SSSR count). The van der Waals surface area contributed by atoms with Gasteiger partial charge in [0.1, 0.15) is 25.4 Å². The van der Waals surface area contributed by atoms with Crippen molar-refractivity contribution in [2.24, 2.45) is 0 Å². The summed E-state index contributed by atoms with van der Waals surface area (Å²) in [5.41, 5.74) is 0. The van der Waals surface area contributed by atoms with Crippen molar-refractivity contribution in [3.63, 3.8) is 0 Å². The summed E-state index contributed by atoms with van der Waals surface area (Å²) < 4.78 is 61.3. The molecule has 0 aromatic rings. The third-order valence-corrected chi connectivity index (χ3v) is 19.5. The number of unbranched alkanes of at least 4 members (excludes halogenated alkanes) is 27. The third-order valence-electron chi connectivity index (χ3n) is 17.6. The van der Waals surface area contributed by atoms with Crippen molar-refractivity contribution >= 4 is 33.6 Å². The molecule has 0 aliphatic heterocycles. The molecule has 5 unspecified atom stereocenters. The van der Waals surface area contributed by atoms with Crippen LogP contribution in [-0.4, -0.2) is 95.9 Å². The molecule has 632 valence electrons. The van der Waals surface area contributed by atoms with E-state index in [1.54, 1.807) is 0 Å². The topological polar surface area (TPSA) is 231 Å². The Morgan fingerprint density at radius 2 is 0.450 bits per heavy atom. The molecule has 0 fully saturated rings. The Hall–Kier alpha value is -5.35. The molecule has 0 bridgehead atoms. The highest BCUT2D eigenvalue weighted by atomic mass is 31.2. The lowest BCUT2D eigenvalue weighted by molar-refractivity contribution is -0.161. The molecule has 0 aromatic carbocycles. The number of phosphoric ester groups is 2. The lowest BCUT2D eigenvalue weighted by Gasteiger charge is -2.21. The molecule has 0 amide bonds. The van der Waals surface area contributed by atoms with E-state index in [0.29, 0.717) is 19.3 Å². The van der Waals surface area contributed by atoms with Crippen molar-refractivity contribution in [1.29, 1.82) is 0 Å². The van der Waals surface area contributed by atoms with Crippen molar-refractivity contribution < 1.29 is 75.8 Å². The zero-order valence-electron chi connectivity index (χ0n) is 69.3. The maximum atomic E-state index is 13.0. The number of rotatable bonds is 80. The highest BCUT2D eigenvalue weighted by Gasteiger charge is 2.29. The molecule has 0 aliphatic rings. The summed E-state index contributed by atoms with van der Waals surface area (Å²) in [5, 5.41) is 20.7. The van der Waals surface area contributed by atoms with Crippen LogP contribution in [0.5, 0.6) is 0 Å². The minimum atomic E-state index is -4.95. The first-order valence-electron chi connectivity index (χ1n) is 43.1. The maximum absolute atomic E-state index is 13.0. The highest BCUT2D eigenvalue weighted by Crippen LogP contribution is 2.45. The van der Waals surface area contributed by atoms with Gasteiger partial charge in [-0.1, -0.05) is 338 Å². The van der Waals surface area contributed by atoms with Crippen LogP contribution in [0.3, 0.4) is 0 Å². The maximum Gasteiger partial charge on any atom is 0.472 e. The fourth-order valence-electron chi connectivity index (χ4n) is 11.2. The predicted molar refractivity (Wildman–Crippen MR) is 463 cm³/mol. The van der Waals surface area contributed by atoms with E-state index >= 15 is 0 Å². The molecular formula is C93H154O16P2. The van der Waals surface area contributed by atoms with E-state index < -0.39 is 91.5 Å². The van der Waals surface area contributed by atoms with E-state index in [9.17, 15) is 43.5 Å². The molecule has 5 atom stereocenters. The summed E-state index contributed by atoms with van der Waals surface area (Å²) in [6.45, 7) is 2.31. The van der Waals surface area contributed by atoms with Crippen LogP contribution in [0.4, 0.5) is 0 Å². The largest absolute Gasteiger partial charge is 0.472 e. The molecule has 0 saturated heterocycles. The van der Waals surface area contributed by atoms with Crippen molar-refractivity contribution in [1.82, 2.24) is 0 Å². The van der Waals surface area contributed by atoms with Crippen molar-refractivity contribution in [3.05, 3.63) is 182 Å². The number of hydrogen-bond acceptors (Lipinski definition) is 14. The SMILES string of the molecule is CC/C=C\C/C=C\C/C=C\C/C=C\C/C=C\C/C=C\CCCCCCCCCCCCCCCCCCC(=O)OCC(O)COP(=O)(O)OCC(O)COP(=O)(O)OCC(COC(=O)CCCCCCC/C=C\C/C=C\C/C=C\C/C=C\C/C=C\CC)OC(=O)CCCCCCCC/C=C\C/C=C\C/C=C\C/C=C\CC. The molecule has 0 aromatic heterocycles. The summed E-state index contributed by atoms with van der Waals surface area (Å²) in [7, 11) is -9.82. The van der Waals surface area contributed by atoms with Gasteiger partial charge >= 0.3 is 33.6 Å². The average molecular weight is 1590 g/mol. The van der Waals surface area contributed by atoms with Gasteiger partial charge in [0, 0.05) is 19.3 Å². The number of phosphoric acid groups is 2. The van der Waals surface area contributed by atoms with Crippen molar-refractivity contribution in [2.75, 3.05) is 39.6 Å². The van der Waals surface area contributed by atoms with Gasteiger partial charge in [-0.05, 0) is 154 Å². The first-order valence-corrected chi connectivity index (χ1v) is 46.1. The average Bonchev–Trinajstić information content (AvgIpc) is 0.901. The summed E-state index contributed by atoms with van der Waals surface area (Å²) in [4.78, 5) is 58.8. The second-order valence-corrected chi connectivity index (χ2v) is 31.1. The Morgan fingerprint density at radius 3 is 0.712 bits per heavy atom. The summed E-state index contributed by atoms with van der Waals surface area (Å²) in [5.74, 6) is -1.62. The summed E-state index contributed by atoms with van der Waals surface area (Å²) in [6.07, 6.45) is 109. The van der Waals surface area contributed by atoms with Gasteiger partial charge in [-0.2, -0.15) is 0 Å². The summed E-state index contributed by atoms with van der Waals surface area (Å²) in [6, 6.07) is 0. The lowest BCUT2D eigenvalue weighted by Crippen LogP contribution is -2.30. The van der Waals surface area contributed by atoms with Gasteiger partial charge in [-0.25, -0.2) is 9.13 Å². The Labute approximate surface area is 675 Å². The van der Waals surface area contributed by atoms with Crippen LogP contribution in [0.15, 0.2) is 182 Å². The quantitative estimate of drug-likeness (QED) is 0.0146. The Kier molecular flexibility index (Phi) is 80.0. The molecule has 111 heavy (non-hydrogen) atoms. The van der Waals surface area contributed by atoms with Gasteiger partial charge in [0.15, 0.2) is 6.10 Å². The molecule has 0 saturated carbocycles. The second-order valence-electron chi connectivity index (χ2n) is 28.2. The monoisotopic (exact) mass is 1590 g/mol. The number of ether oxygens (including phenoxy) is 3. The second kappa shape index (κ2) is 84.1. The zero-order valence-corrected chi connectivity index (χ0v) is 71.1. The van der Waals surface area contributed by atoms with E-state index in [-0.39, 0.29) is 19.3 Å². The fourth-order valence-corrected chi connectivity index (χ4v) is 12.8. The first kappa shape index (κ1) is 106. The van der Waals surface area contributed by atoms with Crippen LogP contribution in [-0.2, 0) is 55.8 Å². The van der Waals surface area contributed by atoms with Crippen molar-refractivity contribution in [2.45, 2.75) is 347 Å². The number of allylic oxidation sites excluding steroid dienone is 30. The third kappa shape index (κ3) is 85.4. The van der Waals surface area contributed by atoms with E-state index in [2.05, 4.69) is 203 Å². The van der Waals surface area contributed by atoms with Crippen LogP contribution in [0.2, 0.25) is 0 Å². The number of carbonyl (C=O) groups excluding carboxylic acids is 3. The van der Waals surface area contributed by atoms with Gasteiger partial charge < -0.3 is 34.2 Å². The van der Waals surface area contributed by atoms with Gasteiger partial charge in [-0.3, -0.25) is 32.5 Å². The Morgan fingerprint density at radius 1 is 0.252 bits per heavy atom. The van der Waals surface area contributed by atoms with Crippen LogP contribution in [0.25, 0.3) is 0 Å². The molecule has 4 N–H and O–H groups in total. The van der Waals surface area contributed by atoms with Crippen LogP contribution >= 0.6 is 15.6 Å². The predicted octanol–water partition coefficient (Wildman–Crippen LogP) is 26.1. The normalized spacial score (nSPS) is 14.8. The van der Waals surface area contributed by atoms with E-state index in [4.69, 9.17) is 32.3 Å². The minimum Gasteiger partial charge on any atom is -0.463 e. The van der Waals surface area contributed by atoms with Gasteiger partial charge in [0.25, 0.3) is 0 Å². The van der Waals surface area contributed by atoms with Crippen molar-refractivity contribution in [3.8, 4) is 0 Å².